The molecule has 0 aromatic carbocycles. The van der Waals surface area contributed by atoms with Gasteiger partial charge in [-0.2, -0.15) is 0 Å². The van der Waals surface area contributed by atoms with Gasteiger partial charge >= 0.3 is 5.97 Å². The Bertz CT molecular complexity index is 402. The van der Waals surface area contributed by atoms with E-state index >= 15 is 0 Å². The predicted octanol–water partition coefficient (Wildman–Crippen LogP) is -0.495. The average Bonchev–Trinajstić information content (AvgIpc) is 2.79. The molecule has 2 unspecified atom stereocenters. The van der Waals surface area contributed by atoms with E-state index in [4.69, 9.17) is 10.8 Å². The molecule has 5 N–H and O–H groups in total. The van der Waals surface area contributed by atoms with Crippen LogP contribution in [0.25, 0.3) is 0 Å². The van der Waals surface area contributed by atoms with Crippen LogP contribution in [0.5, 0.6) is 0 Å². The molecule has 1 aromatic rings. The number of aliphatic carboxylic acids is 1. The second-order valence-corrected chi connectivity index (χ2v) is 4.33. The summed E-state index contributed by atoms with van der Waals surface area (Å²) >= 11 is 0. The number of carbonyl (C=O) groups excluding carboxylic acids is 1. The number of imidazole rings is 1. The maximum Gasteiger partial charge on any atom is 0.326 e. The Kier molecular flexibility index (Phi) is 4.85. The van der Waals surface area contributed by atoms with Crippen molar-refractivity contribution in [1.82, 2.24) is 15.3 Å². The molecule has 0 aliphatic carbocycles. The smallest absolute Gasteiger partial charge is 0.326 e. The molecule has 0 aliphatic heterocycles. The summed E-state index contributed by atoms with van der Waals surface area (Å²) in [6.07, 6.45) is 3.14. The van der Waals surface area contributed by atoms with Gasteiger partial charge in [0.05, 0.1) is 6.33 Å². The largest absolute Gasteiger partial charge is 0.480 e. The second kappa shape index (κ2) is 6.15. The van der Waals surface area contributed by atoms with Crippen LogP contribution >= 0.6 is 0 Å². The minimum Gasteiger partial charge on any atom is -0.480 e. The third-order valence-electron chi connectivity index (χ3n) is 2.80. The summed E-state index contributed by atoms with van der Waals surface area (Å²) in [5.74, 6) is -1.89. The number of nitrogens with one attached hydrogen (secondary N) is 2. The van der Waals surface area contributed by atoms with Crippen molar-refractivity contribution in [1.29, 1.82) is 0 Å². The first-order chi connectivity index (χ1) is 8.41. The number of rotatable bonds is 6. The number of hydrogen-bond acceptors (Lipinski definition) is 4. The fourth-order valence-electron chi connectivity index (χ4n) is 1.36. The van der Waals surface area contributed by atoms with E-state index in [1.165, 1.54) is 12.5 Å². The Morgan fingerprint density at radius 2 is 2.22 bits per heavy atom. The fraction of sp³-hybridized carbons (Fsp3) is 0.545. The normalized spacial score (nSPS) is 15.7. The number of nitrogens with zero attached hydrogens (tertiary/aromatic N) is 1. The van der Waals surface area contributed by atoms with E-state index in [9.17, 15) is 9.59 Å². The van der Waals surface area contributed by atoms with Crippen molar-refractivity contribution >= 4 is 11.9 Å². The topological polar surface area (TPSA) is 121 Å². The number of nitrogens with two attached hydrogens (primary N) is 1. The van der Waals surface area contributed by atoms with Gasteiger partial charge < -0.3 is 21.1 Å². The van der Waals surface area contributed by atoms with E-state index < -0.39 is 17.9 Å². The molecule has 0 saturated heterocycles. The summed E-state index contributed by atoms with van der Waals surface area (Å²) in [5.41, 5.74) is 6.25. The lowest BCUT2D eigenvalue weighted by Crippen LogP contribution is -2.47. The van der Waals surface area contributed by atoms with Crippen LogP contribution in [0.4, 0.5) is 0 Å². The van der Waals surface area contributed by atoms with Crippen molar-refractivity contribution in [2.75, 3.05) is 0 Å². The van der Waals surface area contributed by atoms with Gasteiger partial charge in [-0.05, 0) is 6.92 Å². The van der Waals surface area contributed by atoms with Crippen molar-refractivity contribution < 1.29 is 14.7 Å². The maximum absolute atomic E-state index is 11.7. The second-order valence-electron chi connectivity index (χ2n) is 4.33. The van der Waals surface area contributed by atoms with Gasteiger partial charge in [0.15, 0.2) is 0 Å². The Hall–Kier alpha value is -1.89. The first-order valence-electron chi connectivity index (χ1n) is 5.67. The lowest BCUT2D eigenvalue weighted by molar-refractivity contribution is -0.142. The zero-order valence-corrected chi connectivity index (χ0v) is 10.4. The van der Waals surface area contributed by atoms with Crippen molar-refractivity contribution in [3.8, 4) is 0 Å². The minimum absolute atomic E-state index is 0.159. The van der Waals surface area contributed by atoms with E-state index in [1.807, 2.05) is 0 Å². The third-order valence-corrected chi connectivity index (χ3v) is 2.80. The number of carboxylic acids is 1. The first kappa shape index (κ1) is 14.2. The van der Waals surface area contributed by atoms with Gasteiger partial charge in [-0.25, -0.2) is 9.78 Å². The van der Waals surface area contributed by atoms with Crippen LogP contribution in [0.2, 0.25) is 0 Å². The van der Waals surface area contributed by atoms with Crippen LogP contribution in [0.3, 0.4) is 0 Å². The number of amides is 1. The molecule has 0 aliphatic rings. The summed E-state index contributed by atoms with van der Waals surface area (Å²) in [6, 6.07) is -1.31. The molecule has 0 radical (unpaired) electrons. The SMILES string of the molecule is CC(N)C(C)C(=O)N[C@@H](Cc1cnc[nH]1)C(=O)O. The molecule has 0 spiro atoms. The summed E-state index contributed by atoms with van der Waals surface area (Å²) in [4.78, 5) is 29.4. The molecular weight excluding hydrogens is 236 g/mol. The van der Waals surface area contributed by atoms with Crippen molar-refractivity contribution in [3.05, 3.63) is 18.2 Å². The minimum atomic E-state index is -1.09. The highest BCUT2D eigenvalue weighted by Gasteiger charge is 2.25. The van der Waals surface area contributed by atoms with Crippen molar-refractivity contribution in [3.63, 3.8) is 0 Å². The molecular formula is C11H18N4O3. The average molecular weight is 254 g/mol. The molecule has 0 saturated carbocycles. The van der Waals surface area contributed by atoms with Crippen LogP contribution in [0.15, 0.2) is 12.5 Å². The Balaban J connectivity index is 2.64. The molecule has 0 fully saturated rings. The molecule has 1 aromatic heterocycles. The number of hydrogen-bond donors (Lipinski definition) is 4. The zero-order chi connectivity index (χ0) is 13.7. The van der Waals surface area contributed by atoms with Gasteiger partial charge in [-0.1, -0.05) is 6.92 Å². The van der Waals surface area contributed by atoms with Crippen LogP contribution < -0.4 is 11.1 Å². The first-order valence-corrected chi connectivity index (χ1v) is 5.67. The molecule has 1 heterocycles. The standard InChI is InChI=1S/C11H18N4O3/c1-6(7(2)12)10(16)15-9(11(17)18)3-8-4-13-5-14-8/h4-7,9H,3,12H2,1-2H3,(H,13,14)(H,15,16)(H,17,18)/t6?,7?,9-/m0/s1. The van der Waals surface area contributed by atoms with Crippen LogP contribution in [-0.2, 0) is 16.0 Å². The van der Waals surface area contributed by atoms with E-state index in [2.05, 4.69) is 15.3 Å². The Labute approximate surface area is 105 Å². The number of carboxylic acid groups (broad SMARTS) is 1. The van der Waals surface area contributed by atoms with Crippen molar-refractivity contribution in [2.45, 2.75) is 32.4 Å². The summed E-state index contributed by atoms with van der Waals surface area (Å²) < 4.78 is 0. The summed E-state index contributed by atoms with van der Waals surface area (Å²) in [5, 5.41) is 11.5. The molecule has 3 atom stereocenters. The molecule has 1 rings (SSSR count). The number of aromatic amines is 1. The van der Waals surface area contributed by atoms with Gasteiger partial charge in [-0.15, -0.1) is 0 Å². The maximum atomic E-state index is 11.7. The highest BCUT2D eigenvalue weighted by Crippen LogP contribution is 2.03. The van der Waals surface area contributed by atoms with Gasteiger partial charge in [0.25, 0.3) is 0 Å². The molecule has 18 heavy (non-hydrogen) atoms. The van der Waals surface area contributed by atoms with E-state index in [0.29, 0.717) is 5.69 Å². The summed E-state index contributed by atoms with van der Waals surface area (Å²) in [7, 11) is 0. The van der Waals surface area contributed by atoms with Crippen LogP contribution in [0.1, 0.15) is 19.5 Å². The quantitative estimate of drug-likeness (QED) is 0.545. The lowest BCUT2D eigenvalue weighted by Gasteiger charge is -2.19. The molecule has 7 nitrogen and oxygen atoms in total. The molecule has 100 valence electrons. The van der Waals surface area contributed by atoms with Gasteiger partial charge in [0.1, 0.15) is 6.04 Å². The van der Waals surface area contributed by atoms with Gasteiger partial charge in [0, 0.05) is 30.3 Å². The zero-order valence-electron chi connectivity index (χ0n) is 10.4. The van der Waals surface area contributed by atoms with E-state index in [0.717, 1.165) is 0 Å². The fourth-order valence-corrected chi connectivity index (χ4v) is 1.36. The van der Waals surface area contributed by atoms with Gasteiger partial charge in [0.2, 0.25) is 5.91 Å². The lowest BCUT2D eigenvalue weighted by atomic mass is 10.0. The summed E-state index contributed by atoms with van der Waals surface area (Å²) in [6.45, 7) is 3.37. The predicted molar refractivity (Wildman–Crippen MR) is 64.7 cm³/mol. The molecule has 7 heteroatoms. The van der Waals surface area contributed by atoms with Crippen LogP contribution in [0, 0.1) is 5.92 Å². The Morgan fingerprint density at radius 1 is 1.56 bits per heavy atom. The highest BCUT2D eigenvalue weighted by atomic mass is 16.4. The highest BCUT2D eigenvalue weighted by molar-refractivity contribution is 5.85. The van der Waals surface area contributed by atoms with E-state index in [-0.39, 0.29) is 18.4 Å². The number of H-pyrrole nitrogens is 1. The molecule has 1 amide bonds. The Morgan fingerprint density at radius 3 is 2.67 bits per heavy atom. The number of aromatic nitrogens is 2. The van der Waals surface area contributed by atoms with Crippen molar-refractivity contribution in [2.24, 2.45) is 11.7 Å². The third kappa shape index (κ3) is 3.85. The molecule has 0 bridgehead atoms. The van der Waals surface area contributed by atoms with E-state index in [1.54, 1.807) is 13.8 Å². The van der Waals surface area contributed by atoms with Gasteiger partial charge in [-0.3, -0.25) is 4.79 Å². The van der Waals surface area contributed by atoms with Crippen LogP contribution in [-0.4, -0.2) is 39.0 Å². The monoisotopic (exact) mass is 254 g/mol. The number of carbonyl (C=O) groups is 2.